The highest BCUT2D eigenvalue weighted by atomic mass is 79.9. The third kappa shape index (κ3) is 1.73. The molecule has 1 aromatic heterocycles. The van der Waals surface area contributed by atoms with E-state index in [2.05, 4.69) is 36.8 Å². The van der Waals surface area contributed by atoms with Crippen LogP contribution in [0.3, 0.4) is 0 Å². The summed E-state index contributed by atoms with van der Waals surface area (Å²) in [5.41, 5.74) is 0. The van der Waals surface area contributed by atoms with Gasteiger partial charge in [0.15, 0.2) is 3.92 Å². The zero-order valence-corrected chi connectivity index (χ0v) is 8.43. The Balaban J connectivity index is 3.03. The quantitative estimate of drug-likeness (QED) is 0.771. The van der Waals surface area contributed by atoms with Gasteiger partial charge in [0.2, 0.25) is 0 Å². The summed E-state index contributed by atoms with van der Waals surface area (Å²) in [5.74, 6) is 0. The number of thiazole rings is 1. The molecular weight excluding hydrogens is 292 g/mol. The van der Waals surface area contributed by atoms with Crippen molar-refractivity contribution in [2.24, 2.45) is 0 Å². The van der Waals surface area contributed by atoms with Crippen LogP contribution in [0.1, 0.15) is 11.3 Å². The predicted molar refractivity (Wildman–Crippen MR) is 42.5 cm³/mol. The van der Waals surface area contributed by atoms with Gasteiger partial charge in [-0.3, -0.25) is 0 Å². The lowest BCUT2D eigenvalue weighted by atomic mass is 10.6. The van der Waals surface area contributed by atoms with Crippen molar-refractivity contribution >= 4 is 43.2 Å². The van der Waals surface area contributed by atoms with Gasteiger partial charge in [-0.1, -0.05) is 0 Å². The molecule has 1 aromatic rings. The highest BCUT2D eigenvalue weighted by molar-refractivity contribution is 9.11. The zero-order valence-electron chi connectivity index (χ0n) is 4.44. The first-order chi connectivity index (χ1) is 4.61. The molecule has 10 heavy (non-hydrogen) atoms. The number of rotatable bonds is 1. The fourth-order valence-corrected chi connectivity index (χ4v) is 2.61. The molecule has 0 atom stereocenters. The molecule has 0 unspecified atom stereocenters. The molecule has 0 aliphatic heterocycles. The molecule has 1 rings (SSSR count). The zero-order chi connectivity index (χ0) is 7.72. The maximum atomic E-state index is 12.0. The van der Waals surface area contributed by atoms with Crippen LogP contribution in [0.25, 0.3) is 0 Å². The topological polar surface area (TPSA) is 12.9 Å². The first-order valence-electron chi connectivity index (χ1n) is 2.21. The number of aromatic nitrogens is 1. The maximum absolute atomic E-state index is 12.0. The smallest absolute Gasteiger partial charge is 0.222 e. The Morgan fingerprint density at radius 2 is 2.00 bits per heavy atom. The largest absolute Gasteiger partial charge is 0.275 e. The molecule has 0 aromatic carbocycles. The molecule has 6 heteroatoms. The van der Waals surface area contributed by atoms with Crippen molar-refractivity contribution in [1.82, 2.24) is 4.98 Å². The summed E-state index contributed by atoms with van der Waals surface area (Å²) in [6, 6.07) is 0. The molecule has 0 fully saturated rings. The van der Waals surface area contributed by atoms with E-state index in [1.54, 1.807) is 0 Å². The Kier molecular flexibility index (Phi) is 2.76. The van der Waals surface area contributed by atoms with Crippen LogP contribution in [0.4, 0.5) is 8.78 Å². The Morgan fingerprint density at radius 1 is 1.40 bits per heavy atom. The van der Waals surface area contributed by atoms with Gasteiger partial charge in [-0.15, -0.1) is 11.3 Å². The van der Waals surface area contributed by atoms with E-state index in [1.165, 1.54) is 0 Å². The van der Waals surface area contributed by atoms with E-state index in [-0.39, 0.29) is 9.48 Å². The van der Waals surface area contributed by atoms with Crippen LogP contribution in [0.2, 0.25) is 0 Å². The third-order valence-corrected chi connectivity index (χ3v) is 3.16. The van der Waals surface area contributed by atoms with Gasteiger partial charge in [0.25, 0.3) is 6.43 Å². The Bertz CT molecular complexity index is 237. The fourth-order valence-electron chi connectivity index (χ4n) is 0.423. The predicted octanol–water partition coefficient (Wildman–Crippen LogP) is 3.61. The van der Waals surface area contributed by atoms with Gasteiger partial charge < -0.3 is 0 Å². The Morgan fingerprint density at radius 3 is 2.20 bits per heavy atom. The van der Waals surface area contributed by atoms with Gasteiger partial charge >= 0.3 is 0 Å². The van der Waals surface area contributed by atoms with Gasteiger partial charge in [-0.05, 0) is 31.9 Å². The van der Waals surface area contributed by atoms with Crippen LogP contribution >= 0.6 is 43.2 Å². The van der Waals surface area contributed by atoms with E-state index in [1.807, 2.05) is 0 Å². The fraction of sp³-hybridized carbons (Fsp3) is 0.250. The average molecular weight is 293 g/mol. The molecule has 0 amide bonds. The van der Waals surface area contributed by atoms with Crippen molar-refractivity contribution in [3.05, 3.63) is 13.4 Å². The van der Waals surface area contributed by atoms with E-state index in [0.29, 0.717) is 3.92 Å². The molecule has 1 heterocycles. The van der Waals surface area contributed by atoms with Crippen LogP contribution in [0, 0.1) is 0 Å². The van der Waals surface area contributed by atoms with Gasteiger partial charge in [-0.2, -0.15) is 0 Å². The summed E-state index contributed by atoms with van der Waals surface area (Å²) in [6.45, 7) is 0. The van der Waals surface area contributed by atoms with E-state index in [9.17, 15) is 8.78 Å². The second kappa shape index (κ2) is 3.23. The molecule has 56 valence electrons. The normalized spacial score (nSPS) is 10.9. The minimum Gasteiger partial charge on any atom is -0.222 e. The van der Waals surface area contributed by atoms with Gasteiger partial charge in [-0.25, -0.2) is 13.8 Å². The van der Waals surface area contributed by atoms with Crippen LogP contribution in [-0.2, 0) is 0 Å². The van der Waals surface area contributed by atoms with E-state index < -0.39 is 6.43 Å². The molecule has 0 saturated carbocycles. The van der Waals surface area contributed by atoms with Crippen LogP contribution < -0.4 is 0 Å². The molecule has 1 nitrogen and oxygen atoms in total. The molecular formula is C4HBr2F2NS. The molecule has 0 saturated heterocycles. The van der Waals surface area contributed by atoms with Crippen molar-refractivity contribution < 1.29 is 8.78 Å². The standard InChI is InChI=1S/C4HBr2F2NS/c5-2-1(3(7)8)10-4(6)9-2/h3H. The van der Waals surface area contributed by atoms with E-state index in [0.717, 1.165) is 11.3 Å². The lowest BCUT2D eigenvalue weighted by molar-refractivity contribution is 0.154. The lowest BCUT2D eigenvalue weighted by Gasteiger charge is -1.90. The number of halogens is 4. The number of nitrogens with zero attached hydrogens (tertiary/aromatic N) is 1. The first-order valence-corrected chi connectivity index (χ1v) is 4.61. The average Bonchev–Trinajstić information content (AvgIpc) is 2.10. The minimum absolute atomic E-state index is 0.0353. The monoisotopic (exact) mass is 291 g/mol. The number of alkyl halides is 2. The van der Waals surface area contributed by atoms with Crippen LogP contribution in [0.5, 0.6) is 0 Å². The highest BCUT2D eigenvalue weighted by Crippen LogP contribution is 2.34. The van der Waals surface area contributed by atoms with Crippen molar-refractivity contribution in [2.45, 2.75) is 6.43 Å². The van der Waals surface area contributed by atoms with Gasteiger partial charge in [0.1, 0.15) is 9.48 Å². The number of hydrogen-bond donors (Lipinski definition) is 0. The number of hydrogen-bond acceptors (Lipinski definition) is 2. The van der Waals surface area contributed by atoms with Crippen molar-refractivity contribution in [3.8, 4) is 0 Å². The molecule has 0 aliphatic carbocycles. The van der Waals surface area contributed by atoms with E-state index in [4.69, 9.17) is 0 Å². The summed E-state index contributed by atoms with van der Waals surface area (Å²) < 4.78 is 24.6. The summed E-state index contributed by atoms with van der Waals surface area (Å²) in [6.07, 6.45) is -2.45. The maximum Gasteiger partial charge on any atom is 0.275 e. The summed E-state index contributed by atoms with van der Waals surface area (Å²) in [5, 5.41) is 0. The minimum atomic E-state index is -2.45. The highest BCUT2D eigenvalue weighted by Gasteiger charge is 2.16. The van der Waals surface area contributed by atoms with Crippen molar-refractivity contribution in [2.75, 3.05) is 0 Å². The molecule has 0 aliphatic rings. The Hall–Kier alpha value is 0.450. The first kappa shape index (κ1) is 8.55. The van der Waals surface area contributed by atoms with Gasteiger partial charge in [0, 0.05) is 0 Å². The molecule has 0 radical (unpaired) electrons. The van der Waals surface area contributed by atoms with Crippen LogP contribution in [-0.4, -0.2) is 4.98 Å². The summed E-state index contributed by atoms with van der Waals surface area (Å²) in [7, 11) is 0. The SMILES string of the molecule is FC(F)c1sc(Br)nc1Br. The van der Waals surface area contributed by atoms with E-state index >= 15 is 0 Å². The molecule has 0 N–H and O–H groups in total. The van der Waals surface area contributed by atoms with Crippen molar-refractivity contribution in [1.29, 1.82) is 0 Å². The second-order valence-electron chi connectivity index (χ2n) is 1.42. The van der Waals surface area contributed by atoms with Crippen molar-refractivity contribution in [3.63, 3.8) is 0 Å². The summed E-state index contributed by atoms with van der Waals surface area (Å²) >= 11 is 6.83. The molecule has 0 spiro atoms. The second-order valence-corrected chi connectivity index (χ2v) is 4.48. The Labute approximate surface area is 76.7 Å². The van der Waals surface area contributed by atoms with Crippen LogP contribution in [0.15, 0.2) is 8.52 Å². The summed E-state index contributed by atoms with van der Waals surface area (Å²) in [4.78, 5) is 3.67. The third-order valence-electron chi connectivity index (χ3n) is 0.782. The molecule has 0 bridgehead atoms. The van der Waals surface area contributed by atoms with Gasteiger partial charge in [0.05, 0.1) is 0 Å². The lowest BCUT2D eigenvalue weighted by Crippen LogP contribution is -1.77.